The van der Waals surface area contributed by atoms with Gasteiger partial charge in [0, 0.05) is 12.6 Å². The van der Waals surface area contributed by atoms with Gasteiger partial charge >= 0.3 is 0 Å². The van der Waals surface area contributed by atoms with E-state index >= 15 is 0 Å². The van der Waals surface area contributed by atoms with E-state index in [9.17, 15) is 0 Å². The van der Waals surface area contributed by atoms with Gasteiger partial charge in [-0.05, 0) is 39.0 Å². The van der Waals surface area contributed by atoms with Gasteiger partial charge in [0.15, 0.2) is 0 Å². The average Bonchev–Trinajstić information content (AvgIpc) is 2.68. The Labute approximate surface area is 122 Å². The fraction of sp³-hybridized carbons (Fsp3) is 0.400. The molecule has 19 heavy (non-hydrogen) atoms. The van der Waals surface area contributed by atoms with E-state index in [0.717, 1.165) is 21.6 Å². The number of ether oxygens (including phenoxy) is 1. The van der Waals surface area contributed by atoms with Crippen molar-refractivity contribution in [1.29, 1.82) is 0 Å². The summed E-state index contributed by atoms with van der Waals surface area (Å²) in [6.45, 7) is 6.60. The lowest BCUT2D eigenvalue weighted by Gasteiger charge is -2.20. The van der Waals surface area contributed by atoms with Crippen LogP contribution in [0.3, 0.4) is 0 Å². The summed E-state index contributed by atoms with van der Waals surface area (Å²) in [5.74, 6) is 0.840. The van der Waals surface area contributed by atoms with Crippen LogP contribution in [0.1, 0.15) is 26.3 Å². The normalized spacial score (nSPS) is 11.7. The highest BCUT2D eigenvalue weighted by Gasteiger charge is 2.19. The van der Waals surface area contributed by atoms with Crippen LogP contribution >= 0.6 is 15.9 Å². The number of aryl methyl sites for hydroxylation is 1. The average molecular weight is 323 g/mol. The zero-order chi connectivity index (χ0) is 14.2. The van der Waals surface area contributed by atoms with Crippen LogP contribution in [0.4, 0.5) is 0 Å². The third-order valence-electron chi connectivity index (χ3n) is 3.19. The van der Waals surface area contributed by atoms with Crippen molar-refractivity contribution < 1.29 is 4.74 Å². The number of imidazole rings is 1. The molecule has 2 rings (SSSR count). The van der Waals surface area contributed by atoms with Crippen molar-refractivity contribution in [3.05, 3.63) is 34.7 Å². The van der Waals surface area contributed by atoms with Gasteiger partial charge in [0.25, 0.3) is 0 Å². The summed E-state index contributed by atoms with van der Waals surface area (Å²) in [5, 5.41) is 0. The van der Waals surface area contributed by atoms with E-state index in [4.69, 9.17) is 4.74 Å². The summed E-state index contributed by atoms with van der Waals surface area (Å²) in [4.78, 5) is 4.45. The fourth-order valence-electron chi connectivity index (χ4n) is 1.96. The first kappa shape index (κ1) is 14.1. The third-order valence-corrected chi connectivity index (χ3v) is 4.12. The second kappa shape index (κ2) is 5.00. The Morgan fingerprint density at radius 2 is 1.95 bits per heavy atom. The van der Waals surface area contributed by atoms with E-state index in [1.165, 1.54) is 5.56 Å². The van der Waals surface area contributed by atoms with Crippen molar-refractivity contribution in [2.24, 2.45) is 7.05 Å². The molecule has 0 saturated carbocycles. The predicted octanol–water partition coefficient (Wildman–Crippen LogP) is 4.16. The minimum Gasteiger partial charge on any atom is -0.496 e. The molecular formula is C15H19BrN2O. The number of aromatic nitrogens is 2. The molecule has 0 unspecified atom stereocenters. The van der Waals surface area contributed by atoms with E-state index < -0.39 is 0 Å². The lowest BCUT2D eigenvalue weighted by molar-refractivity contribution is 0.415. The number of rotatable bonds is 2. The van der Waals surface area contributed by atoms with Crippen molar-refractivity contribution in [2.75, 3.05) is 7.11 Å². The topological polar surface area (TPSA) is 27.1 Å². The van der Waals surface area contributed by atoms with Crippen LogP contribution in [0.15, 0.2) is 29.1 Å². The quantitative estimate of drug-likeness (QED) is 0.830. The van der Waals surface area contributed by atoms with Crippen LogP contribution in [-0.2, 0) is 12.5 Å². The van der Waals surface area contributed by atoms with E-state index in [-0.39, 0.29) is 5.41 Å². The van der Waals surface area contributed by atoms with Gasteiger partial charge in [0.1, 0.15) is 16.0 Å². The third kappa shape index (κ3) is 2.68. The zero-order valence-corrected chi connectivity index (χ0v) is 13.6. The van der Waals surface area contributed by atoms with Crippen LogP contribution < -0.4 is 4.74 Å². The van der Waals surface area contributed by atoms with Gasteiger partial charge in [-0.15, -0.1) is 0 Å². The Kier molecular flexibility index (Phi) is 3.72. The van der Waals surface area contributed by atoms with Crippen molar-refractivity contribution in [1.82, 2.24) is 9.55 Å². The van der Waals surface area contributed by atoms with Crippen molar-refractivity contribution in [2.45, 2.75) is 26.2 Å². The summed E-state index contributed by atoms with van der Waals surface area (Å²) < 4.78 is 8.36. The van der Waals surface area contributed by atoms with Crippen LogP contribution in [0.2, 0.25) is 0 Å². The molecule has 2 aromatic rings. The molecule has 0 bridgehead atoms. The molecular weight excluding hydrogens is 304 g/mol. The first-order valence-electron chi connectivity index (χ1n) is 6.20. The van der Waals surface area contributed by atoms with Gasteiger partial charge in [-0.25, -0.2) is 4.98 Å². The first-order chi connectivity index (χ1) is 8.84. The van der Waals surface area contributed by atoms with E-state index in [0.29, 0.717) is 0 Å². The molecule has 0 saturated heterocycles. The second-order valence-corrected chi connectivity index (χ2v) is 6.41. The summed E-state index contributed by atoms with van der Waals surface area (Å²) >= 11 is 3.57. The highest BCUT2D eigenvalue weighted by Crippen LogP contribution is 2.36. The van der Waals surface area contributed by atoms with Crippen LogP contribution in [0, 0.1) is 0 Å². The van der Waals surface area contributed by atoms with Crippen LogP contribution in [0.25, 0.3) is 11.3 Å². The summed E-state index contributed by atoms with van der Waals surface area (Å²) in [6, 6.07) is 6.28. The Bertz CT molecular complexity index is 597. The molecule has 0 spiro atoms. The molecule has 0 amide bonds. The molecule has 102 valence electrons. The number of benzene rings is 1. The van der Waals surface area contributed by atoms with Gasteiger partial charge < -0.3 is 9.30 Å². The van der Waals surface area contributed by atoms with E-state index in [1.807, 2.05) is 17.7 Å². The van der Waals surface area contributed by atoms with Crippen molar-refractivity contribution in [3.8, 4) is 17.0 Å². The molecule has 0 fully saturated rings. The molecule has 0 aliphatic rings. The van der Waals surface area contributed by atoms with Gasteiger partial charge in [0.2, 0.25) is 0 Å². The highest BCUT2D eigenvalue weighted by atomic mass is 79.9. The van der Waals surface area contributed by atoms with E-state index in [2.05, 4.69) is 53.8 Å². The smallest absolute Gasteiger partial charge is 0.128 e. The standard InChI is InChI=1S/C15H19BrN2O/c1-15(2,3)10-6-7-12(19-5)11(8-10)13-14(16)18(4)9-17-13/h6-9H,1-5H3. The summed E-state index contributed by atoms with van der Waals surface area (Å²) in [7, 11) is 3.65. The lowest BCUT2D eigenvalue weighted by atomic mass is 9.86. The molecule has 0 N–H and O–H groups in total. The Balaban J connectivity index is 2.63. The van der Waals surface area contributed by atoms with Crippen LogP contribution in [-0.4, -0.2) is 16.7 Å². The van der Waals surface area contributed by atoms with Crippen molar-refractivity contribution in [3.63, 3.8) is 0 Å². The van der Waals surface area contributed by atoms with Crippen LogP contribution in [0.5, 0.6) is 5.75 Å². The minimum atomic E-state index is 0.0995. The predicted molar refractivity (Wildman–Crippen MR) is 81.6 cm³/mol. The number of halogens is 1. The molecule has 4 heteroatoms. The zero-order valence-electron chi connectivity index (χ0n) is 12.0. The molecule has 0 aliphatic carbocycles. The summed E-state index contributed by atoms with van der Waals surface area (Å²) in [5.41, 5.74) is 3.29. The number of hydrogen-bond donors (Lipinski definition) is 0. The molecule has 0 atom stereocenters. The Hall–Kier alpha value is -1.29. The van der Waals surface area contributed by atoms with Gasteiger partial charge in [-0.2, -0.15) is 0 Å². The van der Waals surface area contributed by atoms with Gasteiger partial charge in [-0.3, -0.25) is 0 Å². The monoisotopic (exact) mass is 322 g/mol. The molecule has 0 aliphatic heterocycles. The first-order valence-corrected chi connectivity index (χ1v) is 6.99. The Morgan fingerprint density at radius 3 is 2.42 bits per heavy atom. The Morgan fingerprint density at radius 1 is 1.26 bits per heavy atom. The maximum Gasteiger partial charge on any atom is 0.128 e. The number of nitrogens with zero attached hydrogens (tertiary/aromatic N) is 2. The summed E-state index contributed by atoms with van der Waals surface area (Å²) in [6.07, 6.45) is 1.79. The molecule has 1 aromatic heterocycles. The van der Waals surface area contributed by atoms with Crippen molar-refractivity contribution >= 4 is 15.9 Å². The number of methoxy groups -OCH3 is 1. The maximum atomic E-state index is 5.46. The lowest BCUT2D eigenvalue weighted by Crippen LogP contribution is -2.11. The largest absolute Gasteiger partial charge is 0.496 e. The number of hydrogen-bond acceptors (Lipinski definition) is 2. The molecule has 1 heterocycles. The fourth-order valence-corrected chi connectivity index (χ4v) is 2.36. The minimum absolute atomic E-state index is 0.0995. The molecule has 1 aromatic carbocycles. The molecule has 0 radical (unpaired) electrons. The molecule has 3 nitrogen and oxygen atoms in total. The maximum absolute atomic E-state index is 5.46. The van der Waals surface area contributed by atoms with Gasteiger partial charge in [0.05, 0.1) is 13.4 Å². The SMILES string of the molecule is COc1ccc(C(C)(C)C)cc1-c1ncn(C)c1Br. The highest BCUT2D eigenvalue weighted by molar-refractivity contribution is 9.10. The van der Waals surface area contributed by atoms with E-state index in [1.54, 1.807) is 13.4 Å². The van der Waals surface area contributed by atoms with Gasteiger partial charge in [-0.1, -0.05) is 26.8 Å². The second-order valence-electron chi connectivity index (χ2n) is 5.66.